The average Bonchev–Trinajstić information content (AvgIpc) is 3.81. The zero-order valence-corrected chi connectivity index (χ0v) is 34.1. The van der Waals surface area contributed by atoms with Crippen molar-refractivity contribution in [3.63, 3.8) is 0 Å². The summed E-state index contributed by atoms with van der Waals surface area (Å²) in [4.78, 5) is 27.5. The first-order valence-electron chi connectivity index (χ1n) is 25.1. The number of ether oxygens (including phenoxy) is 4. The Bertz CT molecular complexity index is 1810. The Morgan fingerprint density at radius 2 is 1.19 bits per heavy atom. The molecule has 3 fully saturated rings. The fourth-order valence-corrected chi connectivity index (χ4v) is 5.03. The highest BCUT2D eigenvalue weighted by atomic mass is 16.5. The second-order valence-corrected chi connectivity index (χ2v) is 12.4. The van der Waals surface area contributed by atoms with Crippen LogP contribution in [-0.4, -0.2) is 160 Å². The van der Waals surface area contributed by atoms with Crippen LogP contribution in [0.4, 0.5) is 0 Å². The quantitative estimate of drug-likeness (QED) is 0.161. The number of Topliss-reactive ketones (excluding diaryl/α,β-unsaturated/α-hetero) is 1. The summed E-state index contributed by atoms with van der Waals surface area (Å²) in [5.74, 6) is -0.259. The maximum Gasteiger partial charge on any atom is 0.320 e. The average molecular weight is 841 g/mol. The molecule has 0 amide bonds. The Kier molecular flexibility index (Phi) is 25.1. The van der Waals surface area contributed by atoms with E-state index in [2.05, 4.69) is 10.1 Å². The standard InChI is InChI=1S/C14H19NO3.C11H17NO2.C11H15NO.C4H9NO.C4H8O.CH4O.CH4/c1-3-18-14(17)11-15(9-12(2)16)10-13-7-5-4-6-8-13;13-8-6-12(7-9-14)10-11-4-2-1-3-5-11;1-2-4-11(5-3-1)10-12-6-8-13-9-7-12;1-3-6-4-2-5-1;1-2-4-5-3-1;1-2;/h4-8H,3,9-11H2,1-2H3;1-5,13-14H,6-10H2;1-5H,6-10H2;5H,1-4H2;1-4H2;2H,1H3;1H4/i;2*8D2,9D2;3D2,4D2;;;. The molecular weight excluding hydrogens is 753 g/mol. The third kappa shape index (κ3) is 31.9. The molecule has 13 heteroatoms. The molecule has 0 spiro atoms. The summed E-state index contributed by atoms with van der Waals surface area (Å²) in [6.45, 7) is -5.56. The van der Waals surface area contributed by atoms with Gasteiger partial charge in [0, 0.05) is 79.2 Å². The minimum absolute atomic E-state index is 0. The molecule has 13 nitrogen and oxygen atoms in total. The van der Waals surface area contributed by atoms with E-state index >= 15 is 0 Å². The maximum absolute atomic E-state index is 11.4. The molecule has 3 aromatic carbocycles. The van der Waals surface area contributed by atoms with Crippen molar-refractivity contribution in [2.45, 2.75) is 53.8 Å². The number of rotatable bonds is 15. The molecule has 0 radical (unpaired) electrons. The van der Waals surface area contributed by atoms with E-state index < -0.39 is 39.4 Å². The molecule has 4 N–H and O–H groups in total. The molecule has 0 aromatic heterocycles. The highest BCUT2D eigenvalue weighted by molar-refractivity contribution is 5.79. The van der Waals surface area contributed by atoms with Gasteiger partial charge in [0.15, 0.2) is 0 Å². The van der Waals surface area contributed by atoms with Crippen molar-refractivity contribution in [1.29, 1.82) is 0 Å². The molecule has 0 unspecified atom stereocenters. The third-order valence-electron chi connectivity index (χ3n) is 7.53. The topological polar surface area (TPSA) is 154 Å². The first kappa shape index (κ1) is 37.2. The van der Waals surface area contributed by atoms with Crippen LogP contribution in [0.3, 0.4) is 0 Å². The lowest BCUT2D eigenvalue weighted by molar-refractivity contribution is -0.144. The van der Waals surface area contributed by atoms with Crippen LogP contribution in [0.25, 0.3) is 0 Å². The first-order valence-corrected chi connectivity index (χ1v) is 19.1. The monoisotopic (exact) mass is 841 g/mol. The SMILES string of the molecule is C.C1CCOC1.CCOC(=O)CN(CC(C)=O)Cc1ccccc1.CO.[2H]C([2H])(O)CN(Cc1ccccc1)CC([2H])([2H])O.[2H]C1([2H])CN(Cc2ccccc2)CC([2H])([2H])O1.[2H]C1([2H])CNCC([2H])([2H])O1. The van der Waals surface area contributed by atoms with Gasteiger partial charge >= 0.3 is 5.97 Å². The first-order chi connectivity index (χ1) is 32.5. The summed E-state index contributed by atoms with van der Waals surface area (Å²) in [5.41, 5.74) is 2.97. The van der Waals surface area contributed by atoms with Crippen molar-refractivity contribution in [3.05, 3.63) is 108 Å². The minimum atomic E-state index is -2.43. The summed E-state index contributed by atoms with van der Waals surface area (Å²) >= 11 is 0. The van der Waals surface area contributed by atoms with E-state index in [0.717, 1.165) is 37.0 Å². The molecule has 6 rings (SSSR count). The van der Waals surface area contributed by atoms with Gasteiger partial charge in [-0.05, 0) is 43.4 Å². The molecule has 0 saturated carbocycles. The van der Waals surface area contributed by atoms with Crippen molar-refractivity contribution >= 4 is 11.8 Å². The molecule has 3 aliphatic rings. The Morgan fingerprint density at radius 1 is 0.729 bits per heavy atom. The van der Waals surface area contributed by atoms with Gasteiger partial charge in [0.25, 0.3) is 0 Å². The molecule has 334 valence electrons. The molecule has 0 atom stereocenters. The van der Waals surface area contributed by atoms with E-state index in [1.165, 1.54) is 24.7 Å². The number of carbonyl (C=O) groups excluding carboxylic acids is 2. The van der Waals surface area contributed by atoms with E-state index in [1.54, 1.807) is 16.7 Å². The maximum atomic E-state index is 11.4. The fourth-order valence-electron chi connectivity index (χ4n) is 5.03. The van der Waals surface area contributed by atoms with E-state index in [1.807, 2.05) is 91.0 Å². The van der Waals surface area contributed by atoms with Crippen molar-refractivity contribution in [3.8, 4) is 0 Å². The van der Waals surface area contributed by atoms with Crippen molar-refractivity contribution < 1.29 is 60.3 Å². The van der Waals surface area contributed by atoms with Gasteiger partial charge in [-0.25, -0.2) is 0 Å². The normalized spacial score (nSPS) is 21.4. The summed E-state index contributed by atoms with van der Waals surface area (Å²) in [6, 6.07) is 28.5. The van der Waals surface area contributed by atoms with Gasteiger partial charge in [0.1, 0.15) is 5.78 Å². The number of nitrogens with zero attached hydrogens (tertiary/aromatic N) is 3. The number of esters is 1. The molecule has 59 heavy (non-hydrogen) atoms. The van der Waals surface area contributed by atoms with Crippen molar-refractivity contribution in [1.82, 2.24) is 20.0 Å². The fraction of sp³-hybridized carbons (Fsp3) is 0.565. The van der Waals surface area contributed by atoms with E-state index in [-0.39, 0.29) is 78.1 Å². The molecular formula is C46H76N4O9. The molecule has 0 aliphatic carbocycles. The predicted molar refractivity (Wildman–Crippen MR) is 236 cm³/mol. The largest absolute Gasteiger partial charge is 0.465 e. The zero-order valence-electron chi connectivity index (χ0n) is 46.1. The highest BCUT2D eigenvalue weighted by Crippen LogP contribution is 2.07. The van der Waals surface area contributed by atoms with Crippen LogP contribution >= 0.6 is 0 Å². The summed E-state index contributed by atoms with van der Waals surface area (Å²) in [6.07, 6.45) is 2.56. The smallest absolute Gasteiger partial charge is 0.320 e. The van der Waals surface area contributed by atoms with Gasteiger partial charge in [-0.15, -0.1) is 0 Å². The molecule has 3 saturated heterocycles. The van der Waals surface area contributed by atoms with Crippen LogP contribution in [0.15, 0.2) is 91.0 Å². The van der Waals surface area contributed by atoms with Crippen molar-refractivity contribution in [2.24, 2.45) is 0 Å². The lowest BCUT2D eigenvalue weighted by Crippen LogP contribution is -2.35. The number of carbonyl (C=O) groups is 2. The lowest BCUT2D eigenvalue weighted by Gasteiger charge is -2.26. The van der Waals surface area contributed by atoms with Crippen LogP contribution in [0.2, 0.25) is 0 Å². The number of morpholine rings is 2. The van der Waals surface area contributed by atoms with Gasteiger partial charge < -0.3 is 39.6 Å². The number of benzene rings is 3. The van der Waals surface area contributed by atoms with Gasteiger partial charge in [-0.2, -0.15) is 0 Å². The number of hydrogen-bond donors (Lipinski definition) is 4. The number of ketones is 1. The Hall–Kier alpha value is -3.60. The second-order valence-electron chi connectivity index (χ2n) is 12.4. The van der Waals surface area contributed by atoms with Gasteiger partial charge in [0.05, 0.1) is 75.5 Å². The van der Waals surface area contributed by atoms with E-state index in [4.69, 9.17) is 46.0 Å². The Morgan fingerprint density at radius 3 is 1.58 bits per heavy atom. The van der Waals surface area contributed by atoms with Gasteiger partial charge in [0.2, 0.25) is 0 Å². The zero-order chi connectivity index (χ0) is 53.1. The van der Waals surface area contributed by atoms with Crippen LogP contribution < -0.4 is 5.32 Å². The Balaban J connectivity index is 0.000000887. The van der Waals surface area contributed by atoms with Crippen LogP contribution in [0.5, 0.6) is 0 Å². The van der Waals surface area contributed by atoms with E-state index in [0.29, 0.717) is 19.7 Å². The van der Waals surface area contributed by atoms with Crippen LogP contribution in [0.1, 0.15) is 67.3 Å². The predicted octanol–water partition coefficient (Wildman–Crippen LogP) is 4.28. The van der Waals surface area contributed by atoms with Crippen molar-refractivity contribution in [2.75, 3.05) is 119 Å². The number of aliphatic hydroxyl groups excluding tert-OH is 1. The number of nitrogens with one attached hydrogen (secondary N) is 1. The molecule has 3 aliphatic heterocycles. The summed E-state index contributed by atoms with van der Waals surface area (Å²) in [5, 5.41) is 27.9. The minimum Gasteiger partial charge on any atom is -0.465 e. The number of hydrogen-bond acceptors (Lipinski definition) is 13. The van der Waals surface area contributed by atoms with E-state index in [9.17, 15) is 9.59 Å². The molecule has 3 heterocycles. The summed E-state index contributed by atoms with van der Waals surface area (Å²) in [7, 11) is 1.00. The second kappa shape index (κ2) is 39.8. The number of aliphatic hydroxyl groups is 3. The molecule has 3 aromatic rings. The van der Waals surface area contributed by atoms with Gasteiger partial charge in [-0.3, -0.25) is 24.3 Å². The molecule has 0 bridgehead atoms. The lowest BCUT2D eigenvalue weighted by atomic mass is 10.2. The third-order valence-corrected chi connectivity index (χ3v) is 7.53. The Labute approximate surface area is 372 Å². The van der Waals surface area contributed by atoms with Gasteiger partial charge in [-0.1, -0.05) is 98.4 Å². The summed E-state index contributed by atoms with van der Waals surface area (Å²) < 4.78 is 106. The van der Waals surface area contributed by atoms with Crippen LogP contribution in [0, 0.1) is 0 Å². The van der Waals surface area contributed by atoms with Crippen LogP contribution in [-0.2, 0) is 48.2 Å². The highest BCUT2D eigenvalue weighted by Gasteiger charge is 2.14.